The van der Waals surface area contributed by atoms with Gasteiger partial charge in [0.25, 0.3) is 5.92 Å². The summed E-state index contributed by atoms with van der Waals surface area (Å²) in [5.74, 6) is -2.46. The number of fused-ring (bicyclic) bond motifs is 1. The maximum Gasteiger partial charge on any atom is 0.252 e. The van der Waals surface area contributed by atoms with Crippen molar-refractivity contribution in [3.63, 3.8) is 0 Å². The van der Waals surface area contributed by atoms with Gasteiger partial charge in [-0.1, -0.05) is 0 Å². The van der Waals surface area contributed by atoms with Crippen LogP contribution in [-0.2, 0) is 0 Å². The maximum atomic E-state index is 12.9. The van der Waals surface area contributed by atoms with Gasteiger partial charge in [-0.15, -0.1) is 12.4 Å². The van der Waals surface area contributed by atoms with E-state index >= 15 is 0 Å². The highest BCUT2D eigenvalue weighted by atomic mass is 35.5. The van der Waals surface area contributed by atoms with Crippen LogP contribution < -0.4 is 5.32 Å². The summed E-state index contributed by atoms with van der Waals surface area (Å²) in [5.41, 5.74) is 0. The van der Waals surface area contributed by atoms with Crippen LogP contribution in [0.4, 0.5) is 8.78 Å². The molecular weight excluding hydrogens is 172 g/mol. The van der Waals surface area contributed by atoms with Gasteiger partial charge >= 0.3 is 0 Å². The van der Waals surface area contributed by atoms with E-state index in [1.807, 2.05) is 0 Å². The van der Waals surface area contributed by atoms with E-state index in [1.165, 1.54) is 0 Å². The van der Waals surface area contributed by atoms with Crippen LogP contribution in [0.2, 0.25) is 0 Å². The molecule has 0 aromatic rings. The summed E-state index contributed by atoms with van der Waals surface area (Å²) in [6, 6.07) is 0. The quantitative estimate of drug-likeness (QED) is 0.603. The van der Waals surface area contributed by atoms with Crippen molar-refractivity contribution in [1.29, 1.82) is 0 Å². The Morgan fingerprint density at radius 2 is 2.00 bits per heavy atom. The summed E-state index contributed by atoms with van der Waals surface area (Å²) in [5, 5.41) is 3.00. The first-order valence-corrected chi connectivity index (χ1v) is 3.79. The van der Waals surface area contributed by atoms with Crippen LogP contribution in [0.25, 0.3) is 0 Å². The summed E-state index contributed by atoms with van der Waals surface area (Å²) in [4.78, 5) is 0. The first-order valence-electron chi connectivity index (χ1n) is 3.79. The van der Waals surface area contributed by atoms with Gasteiger partial charge in [0.1, 0.15) is 0 Å². The van der Waals surface area contributed by atoms with Crippen molar-refractivity contribution in [3.8, 4) is 0 Å². The highest BCUT2D eigenvalue weighted by Crippen LogP contribution is 2.45. The highest BCUT2D eigenvalue weighted by molar-refractivity contribution is 5.85. The largest absolute Gasteiger partial charge is 0.316 e. The molecule has 66 valence electrons. The van der Waals surface area contributed by atoms with E-state index in [9.17, 15) is 8.78 Å². The Kier molecular flexibility index (Phi) is 2.40. The van der Waals surface area contributed by atoms with Gasteiger partial charge in [0.2, 0.25) is 0 Å². The lowest BCUT2D eigenvalue weighted by molar-refractivity contribution is -0.0358. The smallest absolute Gasteiger partial charge is 0.252 e. The molecule has 1 aliphatic carbocycles. The average molecular weight is 184 g/mol. The number of hydrogen-bond donors (Lipinski definition) is 1. The Labute approximate surface area is 71.0 Å². The number of alkyl halides is 2. The van der Waals surface area contributed by atoms with Gasteiger partial charge < -0.3 is 5.32 Å². The molecule has 0 spiro atoms. The van der Waals surface area contributed by atoms with E-state index in [0.717, 1.165) is 6.54 Å². The number of nitrogens with one attached hydrogen (secondary N) is 1. The summed E-state index contributed by atoms with van der Waals surface area (Å²) >= 11 is 0. The lowest BCUT2D eigenvalue weighted by Crippen LogP contribution is -2.26. The molecule has 2 atom stereocenters. The van der Waals surface area contributed by atoms with Gasteiger partial charge in [0, 0.05) is 18.9 Å². The fourth-order valence-electron chi connectivity index (χ4n) is 2.09. The third-order valence-corrected chi connectivity index (χ3v) is 2.73. The molecule has 0 aromatic heterocycles. The van der Waals surface area contributed by atoms with Crippen LogP contribution >= 0.6 is 12.4 Å². The van der Waals surface area contributed by atoms with Crippen LogP contribution in [0, 0.1) is 11.8 Å². The second-order valence-corrected chi connectivity index (χ2v) is 3.32. The number of halogens is 3. The van der Waals surface area contributed by atoms with Crippen molar-refractivity contribution < 1.29 is 8.78 Å². The Morgan fingerprint density at radius 1 is 1.27 bits per heavy atom. The molecule has 0 unspecified atom stereocenters. The Hall–Kier alpha value is 0.110. The second kappa shape index (κ2) is 2.87. The van der Waals surface area contributed by atoms with Crippen molar-refractivity contribution in [2.75, 3.05) is 13.1 Å². The van der Waals surface area contributed by atoms with E-state index in [4.69, 9.17) is 0 Å². The fraction of sp³-hybridized carbons (Fsp3) is 1.00. The predicted octanol–water partition coefficient (Wildman–Crippen LogP) is 1.67. The molecule has 4 heteroatoms. The van der Waals surface area contributed by atoms with E-state index in [1.54, 1.807) is 0 Å². The topological polar surface area (TPSA) is 12.0 Å². The van der Waals surface area contributed by atoms with Crippen LogP contribution in [0.15, 0.2) is 0 Å². The standard InChI is InChI=1S/C7H11F2N.ClH/c8-7(9)2-1-5-3-10-4-6(5)7;/h5-6,10H,1-4H2;1H/t5-,6+;/m1./s1. The molecule has 2 rings (SSSR count). The zero-order chi connectivity index (χ0) is 7.19. The molecule has 11 heavy (non-hydrogen) atoms. The van der Waals surface area contributed by atoms with Crippen LogP contribution in [0.5, 0.6) is 0 Å². The average Bonchev–Trinajstić information content (AvgIpc) is 2.36. The van der Waals surface area contributed by atoms with Crippen LogP contribution in [0.1, 0.15) is 12.8 Å². The van der Waals surface area contributed by atoms with E-state index in [-0.39, 0.29) is 30.7 Å². The molecule has 1 N–H and O–H groups in total. The Balaban J connectivity index is 0.000000605. The van der Waals surface area contributed by atoms with E-state index in [0.29, 0.717) is 13.0 Å². The minimum atomic E-state index is -2.37. The third-order valence-electron chi connectivity index (χ3n) is 2.73. The number of hydrogen-bond acceptors (Lipinski definition) is 1. The minimum Gasteiger partial charge on any atom is -0.316 e. The monoisotopic (exact) mass is 183 g/mol. The molecule has 1 heterocycles. The third kappa shape index (κ3) is 1.36. The number of rotatable bonds is 0. The second-order valence-electron chi connectivity index (χ2n) is 3.32. The summed E-state index contributed by atoms with van der Waals surface area (Å²) in [6.45, 7) is 1.33. The Morgan fingerprint density at radius 3 is 2.64 bits per heavy atom. The van der Waals surface area contributed by atoms with Crippen molar-refractivity contribution in [3.05, 3.63) is 0 Å². The molecule has 0 aromatic carbocycles. The fourth-order valence-corrected chi connectivity index (χ4v) is 2.09. The molecule has 0 amide bonds. The first kappa shape index (κ1) is 9.20. The normalized spacial score (nSPS) is 39.8. The van der Waals surface area contributed by atoms with Gasteiger partial charge in [0.05, 0.1) is 0 Å². The van der Waals surface area contributed by atoms with Crippen molar-refractivity contribution in [1.82, 2.24) is 5.32 Å². The van der Waals surface area contributed by atoms with Crippen molar-refractivity contribution >= 4 is 12.4 Å². The zero-order valence-corrected chi connectivity index (χ0v) is 6.96. The molecule has 0 radical (unpaired) electrons. The van der Waals surface area contributed by atoms with Gasteiger partial charge in [-0.2, -0.15) is 0 Å². The molecular formula is C7H12ClF2N. The van der Waals surface area contributed by atoms with E-state index < -0.39 is 5.92 Å². The summed E-state index contributed by atoms with van der Waals surface area (Å²) in [6.07, 6.45) is 0.828. The maximum absolute atomic E-state index is 12.9. The summed E-state index contributed by atoms with van der Waals surface area (Å²) in [7, 11) is 0. The lowest BCUT2D eigenvalue weighted by Gasteiger charge is -2.15. The van der Waals surface area contributed by atoms with Crippen molar-refractivity contribution in [2.24, 2.45) is 11.8 Å². The molecule has 1 aliphatic heterocycles. The highest BCUT2D eigenvalue weighted by Gasteiger charge is 2.51. The minimum absolute atomic E-state index is 0. The molecule has 1 nitrogen and oxygen atoms in total. The zero-order valence-electron chi connectivity index (χ0n) is 6.15. The van der Waals surface area contributed by atoms with Gasteiger partial charge in [-0.3, -0.25) is 0 Å². The van der Waals surface area contributed by atoms with Crippen molar-refractivity contribution in [2.45, 2.75) is 18.8 Å². The molecule has 2 aliphatic rings. The Bertz CT molecular complexity index is 151. The van der Waals surface area contributed by atoms with Crippen LogP contribution in [0.3, 0.4) is 0 Å². The molecule has 0 bridgehead atoms. The van der Waals surface area contributed by atoms with Gasteiger partial charge in [-0.05, 0) is 18.9 Å². The first-order chi connectivity index (χ1) is 4.70. The molecule has 2 fully saturated rings. The van der Waals surface area contributed by atoms with Crippen LogP contribution in [-0.4, -0.2) is 19.0 Å². The van der Waals surface area contributed by atoms with Gasteiger partial charge in [-0.25, -0.2) is 8.78 Å². The summed E-state index contributed by atoms with van der Waals surface area (Å²) < 4.78 is 25.7. The molecule has 1 saturated carbocycles. The van der Waals surface area contributed by atoms with E-state index in [2.05, 4.69) is 5.32 Å². The lowest BCUT2D eigenvalue weighted by atomic mass is 9.99. The van der Waals surface area contributed by atoms with Gasteiger partial charge in [0.15, 0.2) is 0 Å². The molecule has 1 saturated heterocycles. The predicted molar refractivity (Wildman–Crippen MR) is 41.3 cm³/mol. The SMILES string of the molecule is Cl.FC1(F)CC[C@@H]2CNC[C@@H]21.